The fourth-order valence-corrected chi connectivity index (χ4v) is 2.76. The number of nitrogens with zero attached hydrogens (tertiary/aromatic N) is 6. The first-order valence-corrected chi connectivity index (χ1v) is 8.52. The molecule has 3 heterocycles. The van der Waals surface area contributed by atoms with Crippen molar-refractivity contribution in [1.82, 2.24) is 34.7 Å². The zero-order chi connectivity index (χ0) is 17.8. The van der Waals surface area contributed by atoms with Crippen molar-refractivity contribution in [2.24, 2.45) is 7.05 Å². The van der Waals surface area contributed by atoms with Crippen molar-refractivity contribution in [3.63, 3.8) is 0 Å². The lowest BCUT2D eigenvalue weighted by molar-refractivity contribution is 0.633. The van der Waals surface area contributed by atoms with Crippen molar-refractivity contribution in [3.05, 3.63) is 47.8 Å². The van der Waals surface area contributed by atoms with Gasteiger partial charge >= 0.3 is 0 Å². The molecule has 0 spiro atoms. The highest BCUT2D eigenvalue weighted by atomic mass is 32.1. The molecule has 0 fully saturated rings. The maximum absolute atomic E-state index is 5.32. The highest BCUT2D eigenvalue weighted by Gasteiger charge is 2.07. The van der Waals surface area contributed by atoms with Crippen molar-refractivity contribution >= 4 is 23.0 Å². The molecule has 0 saturated carbocycles. The smallest absolute Gasteiger partial charge is 0.171 e. The first-order valence-electron chi connectivity index (χ1n) is 8.11. The van der Waals surface area contributed by atoms with Crippen molar-refractivity contribution in [2.45, 2.75) is 33.5 Å². The molecule has 3 aromatic heterocycles. The Morgan fingerprint density at radius 3 is 2.68 bits per heavy atom. The Kier molecular flexibility index (Phi) is 5.13. The maximum atomic E-state index is 5.32. The van der Waals surface area contributed by atoms with Crippen LogP contribution < -0.4 is 10.6 Å². The maximum Gasteiger partial charge on any atom is 0.171 e. The van der Waals surface area contributed by atoms with Crippen molar-refractivity contribution in [1.29, 1.82) is 0 Å². The Morgan fingerprint density at radius 1 is 1.16 bits per heavy atom. The summed E-state index contributed by atoms with van der Waals surface area (Å²) in [5.74, 6) is 0. The van der Waals surface area contributed by atoms with Gasteiger partial charge in [-0.3, -0.25) is 14.0 Å². The molecule has 0 unspecified atom stereocenters. The standard InChI is InChI=1S/C16H22N8S/c1-4-24-12(2)14(7-20-24)10-23-11-15(8-19-23)21-16(25)17-5-13-6-18-22(3)9-13/h6-9,11H,4-5,10H2,1-3H3,(H2,17,21,25). The summed E-state index contributed by atoms with van der Waals surface area (Å²) in [4.78, 5) is 0. The molecule has 0 atom stereocenters. The Balaban J connectivity index is 1.54. The molecule has 0 bridgehead atoms. The number of thiocarbonyl (C=S) groups is 1. The van der Waals surface area contributed by atoms with Gasteiger partial charge in [0.1, 0.15) is 0 Å². The number of nitrogens with one attached hydrogen (secondary N) is 2. The summed E-state index contributed by atoms with van der Waals surface area (Å²) in [5.41, 5.74) is 4.25. The summed E-state index contributed by atoms with van der Waals surface area (Å²) >= 11 is 5.32. The zero-order valence-electron chi connectivity index (χ0n) is 14.6. The van der Waals surface area contributed by atoms with Crippen LogP contribution in [0.5, 0.6) is 0 Å². The number of hydrogen-bond donors (Lipinski definition) is 2. The van der Waals surface area contributed by atoms with E-state index in [1.807, 2.05) is 41.2 Å². The van der Waals surface area contributed by atoms with Gasteiger partial charge < -0.3 is 10.6 Å². The summed E-state index contributed by atoms with van der Waals surface area (Å²) < 4.78 is 5.62. The zero-order valence-corrected chi connectivity index (χ0v) is 15.4. The Labute approximate surface area is 151 Å². The van der Waals surface area contributed by atoms with Gasteiger partial charge in [-0.15, -0.1) is 0 Å². The second kappa shape index (κ2) is 7.47. The van der Waals surface area contributed by atoms with Crippen molar-refractivity contribution in [2.75, 3.05) is 5.32 Å². The second-order valence-corrected chi connectivity index (χ2v) is 6.24. The monoisotopic (exact) mass is 358 g/mol. The van der Waals surface area contributed by atoms with Gasteiger partial charge in [0.25, 0.3) is 0 Å². The molecule has 0 aliphatic heterocycles. The molecular weight excluding hydrogens is 336 g/mol. The molecule has 0 saturated heterocycles. The average molecular weight is 358 g/mol. The van der Waals surface area contributed by atoms with Crippen LogP contribution in [0.4, 0.5) is 5.69 Å². The molecule has 0 aliphatic carbocycles. The van der Waals surface area contributed by atoms with Crippen LogP contribution in [-0.4, -0.2) is 34.5 Å². The Hall–Kier alpha value is -2.68. The van der Waals surface area contributed by atoms with Crippen LogP contribution in [0.3, 0.4) is 0 Å². The summed E-state index contributed by atoms with van der Waals surface area (Å²) in [6, 6.07) is 0. The summed E-state index contributed by atoms with van der Waals surface area (Å²) in [7, 11) is 1.89. The lowest BCUT2D eigenvalue weighted by Crippen LogP contribution is -2.27. The molecule has 0 aliphatic rings. The predicted octanol–water partition coefficient (Wildman–Crippen LogP) is 1.68. The molecule has 0 aromatic carbocycles. The van der Waals surface area contributed by atoms with E-state index in [0.29, 0.717) is 18.2 Å². The third-order valence-electron chi connectivity index (χ3n) is 3.94. The van der Waals surface area contributed by atoms with Crippen LogP contribution in [0, 0.1) is 6.92 Å². The molecule has 0 radical (unpaired) electrons. The minimum absolute atomic E-state index is 0.554. The SMILES string of the molecule is CCn1ncc(Cn2cc(NC(=S)NCc3cnn(C)c3)cn2)c1C. The first kappa shape index (κ1) is 17.2. The lowest BCUT2D eigenvalue weighted by atomic mass is 10.2. The molecule has 3 rings (SSSR count). The van der Waals surface area contributed by atoms with Gasteiger partial charge in [0, 0.05) is 49.4 Å². The fourth-order valence-electron chi connectivity index (χ4n) is 2.57. The average Bonchev–Trinajstić information content (AvgIpc) is 3.28. The molecule has 8 nitrogen and oxygen atoms in total. The van der Waals surface area contributed by atoms with Crippen LogP contribution in [0.1, 0.15) is 23.7 Å². The highest BCUT2D eigenvalue weighted by molar-refractivity contribution is 7.80. The topological polar surface area (TPSA) is 77.5 Å². The van der Waals surface area contributed by atoms with Gasteiger partial charge in [0.2, 0.25) is 0 Å². The quantitative estimate of drug-likeness (QED) is 0.653. The first-order chi connectivity index (χ1) is 12.0. The summed E-state index contributed by atoms with van der Waals surface area (Å²) in [6.07, 6.45) is 9.35. The van der Waals surface area contributed by atoms with E-state index in [0.717, 1.165) is 23.4 Å². The van der Waals surface area contributed by atoms with Gasteiger partial charge in [0.15, 0.2) is 5.11 Å². The third kappa shape index (κ3) is 4.24. The van der Waals surface area contributed by atoms with E-state index in [2.05, 4.69) is 39.8 Å². The van der Waals surface area contributed by atoms with Crippen LogP contribution in [0.25, 0.3) is 0 Å². The normalized spacial score (nSPS) is 10.8. The molecule has 2 N–H and O–H groups in total. The molecule has 0 amide bonds. The van der Waals surface area contributed by atoms with E-state index in [-0.39, 0.29) is 0 Å². The predicted molar refractivity (Wildman–Crippen MR) is 100 cm³/mol. The molecule has 25 heavy (non-hydrogen) atoms. The van der Waals surface area contributed by atoms with Crippen molar-refractivity contribution < 1.29 is 0 Å². The third-order valence-corrected chi connectivity index (χ3v) is 4.19. The van der Waals surface area contributed by atoms with E-state index >= 15 is 0 Å². The van der Waals surface area contributed by atoms with Crippen LogP contribution in [0.15, 0.2) is 31.0 Å². The van der Waals surface area contributed by atoms with E-state index < -0.39 is 0 Å². The van der Waals surface area contributed by atoms with E-state index in [1.165, 1.54) is 5.69 Å². The molecule has 9 heteroatoms. The minimum atomic E-state index is 0.554. The highest BCUT2D eigenvalue weighted by Crippen LogP contribution is 2.11. The largest absolute Gasteiger partial charge is 0.358 e. The number of rotatable bonds is 6. The van der Waals surface area contributed by atoms with E-state index in [9.17, 15) is 0 Å². The van der Waals surface area contributed by atoms with Crippen LogP contribution in [-0.2, 0) is 26.7 Å². The van der Waals surface area contributed by atoms with Gasteiger partial charge in [-0.2, -0.15) is 15.3 Å². The fraction of sp³-hybridized carbons (Fsp3) is 0.375. The van der Waals surface area contributed by atoms with E-state index in [1.54, 1.807) is 10.9 Å². The summed E-state index contributed by atoms with van der Waals surface area (Å²) in [5, 5.41) is 19.7. The number of aryl methyl sites for hydroxylation is 2. The lowest BCUT2D eigenvalue weighted by Gasteiger charge is -2.07. The molecular formula is C16H22N8S. The van der Waals surface area contributed by atoms with Gasteiger partial charge in [0.05, 0.1) is 30.8 Å². The number of anilines is 1. The Morgan fingerprint density at radius 2 is 2.00 bits per heavy atom. The second-order valence-electron chi connectivity index (χ2n) is 5.83. The van der Waals surface area contributed by atoms with Crippen molar-refractivity contribution in [3.8, 4) is 0 Å². The molecule has 3 aromatic rings. The number of hydrogen-bond acceptors (Lipinski definition) is 4. The number of aromatic nitrogens is 6. The Bertz CT molecular complexity index is 859. The van der Waals surface area contributed by atoms with E-state index in [4.69, 9.17) is 12.2 Å². The molecule has 132 valence electrons. The van der Waals surface area contributed by atoms with Gasteiger partial charge in [-0.1, -0.05) is 0 Å². The van der Waals surface area contributed by atoms with Crippen LogP contribution >= 0.6 is 12.2 Å². The van der Waals surface area contributed by atoms with Gasteiger partial charge in [-0.25, -0.2) is 0 Å². The van der Waals surface area contributed by atoms with Gasteiger partial charge in [-0.05, 0) is 26.1 Å². The minimum Gasteiger partial charge on any atom is -0.358 e. The summed E-state index contributed by atoms with van der Waals surface area (Å²) in [6.45, 7) is 6.34. The van der Waals surface area contributed by atoms with Crippen LogP contribution in [0.2, 0.25) is 0 Å².